The van der Waals surface area contributed by atoms with Crippen molar-refractivity contribution in [3.05, 3.63) is 0 Å². The third-order valence-corrected chi connectivity index (χ3v) is 1.64. The van der Waals surface area contributed by atoms with Crippen LogP contribution in [-0.2, 0) is 4.79 Å². The normalized spacial score (nSPS) is 12.6. The lowest BCUT2D eigenvalue weighted by molar-refractivity contribution is -0.120. The second-order valence-electron chi connectivity index (χ2n) is 2.63. The molecular formula is C8H16ClNO. The van der Waals surface area contributed by atoms with E-state index in [-0.39, 0.29) is 11.3 Å². The zero-order valence-electron chi connectivity index (χ0n) is 7.19. The molecule has 0 aliphatic carbocycles. The van der Waals surface area contributed by atoms with E-state index in [1.165, 1.54) is 0 Å². The summed E-state index contributed by atoms with van der Waals surface area (Å²) in [5.41, 5.74) is 0. The van der Waals surface area contributed by atoms with Gasteiger partial charge < -0.3 is 5.32 Å². The number of nitrogens with one attached hydrogen (secondary N) is 1. The Labute approximate surface area is 73.3 Å². The second kappa shape index (κ2) is 6.47. The molecule has 0 heterocycles. The van der Waals surface area contributed by atoms with Gasteiger partial charge in [-0.25, -0.2) is 0 Å². The Balaban J connectivity index is 3.08. The Hall–Kier alpha value is -0.240. The van der Waals surface area contributed by atoms with Gasteiger partial charge in [-0.3, -0.25) is 4.79 Å². The minimum absolute atomic E-state index is 0.118. The number of rotatable bonds is 5. The molecule has 66 valence electrons. The van der Waals surface area contributed by atoms with Crippen molar-refractivity contribution >= 4 is 17.5 Å². The molecule has 0 bridgehead atoms. The summed E-state index contributed by atoms with van der Waals surface area (Å²) < 4.78 is 0. The lowest BCUT2D eigenvalue weighted by Gasteiger charge is -2.03. The van der Waals surface area contributed by atoms with Gasteiger partial charge in [0.15, 0.2) is 0 Å². The van der Waals surface area contributed by atoms with Gasteiger partial charge in [0.2, 0.25) is 5.91 Å². The SMILES string of the molecule is CCC(=O)NCCCC(C)Cl. The van der Waals surface area contributed by atoms with E-state index in [0.29, 0.717) is 6.42 Å². The molecule has 0 aliphatic rings. The van der Waals surface area contributed by atoms with E-state index in [0.717, 1.165) is 19.4 Å². The fourth-order valence-corrected chi connectivity index (χ4v) is 0.890. The van der Waals surface area contributed by atoms with Gasteiger partial charge >= 0.3 is 0 Å². The smallest absolute Gasteiger partial charge is 0.219 e. The summed E-state index contributed by atoms with van der Waals surface area (Å²) in [4.78, 5) is 10.7. The molecule has 1 unspecified atom stereocenters. The fraction of sp³-hybridized carbons (Fsp3) is 0.875. The Morgan fingerprint density at radius 1 is 1.64 bits per heavy atom. The van der Waals surface area contributed by atoms with Gasteiger partial charge in [0.05, 0.1) is 0 Å². The van der Waals surface area contributed by atoms with Crippen molar-refractivity contribution in [2.24, 2.45) is 0 Å². The van der Waals surface area contributed by atoms with Crippen molar-refractivity contribution in [2.45, 2.75) is 38.5 Å². The zero-order valence-corrected chi connectivity index (χ0v) is 7.95. The first-order valence-corrected chi connectivity index (χ1v) is 4.51. The second-order valence-corrected chi connectivity index (χ2v) is 3.37. The number of alkyl halides is 1. The quantitative estimate of drug-likeness (QED) is 0.505. The minimum Gasteiger partial charge on any atom is -0.356 e. The molecule has 0 aromatic carbocycles. The van der Waals surface area contributed by atoms with E-state index >= 15 is 0 Å². The molecule has 11 heavy (non-hydrogen) atoms. The van der Waals surface area contributed by atoms with Gasteiger partial charge in [0, 0.05) is 18.3 Å². The lowest BCUT2D eigenvalue weighted by atomic mass is 10.2. The van der Waals surface area contributed by atoms with Crippen molar-refractivity contribution in [1.29, 1.82) is 0 Å². The molecule has 0 aromatic heterocycles. The van der Waals surface area contributed by atoms with Gasteiger partial charge in [-0.2, -0.15) is 0 Å². The molecule has 1 N–H and O–H groups in total. The maximum atomic E-state index is 10.7. The first kappa shape index (κ1) is 10.8. The molecule has 1 atom stereocenters. The van der Waals surface area contributed by atoms with E-state index < -0.39 is 0 Å². The van der Waals surface area contributed by atoms with E-state index in [2.05, 4.69) is 5.32 Å². The molecule has 3 heteroatoms. The lowest BCUT2D eigenvalue weighted by Crippen LogP contribution is -2.23. The minimum atomic E-state index is 0.118. The molecular weight excluding hydrogens is 162 g/mol. The number of carbonyl (C=O) groups is 1. The van der Waals surface area contributed by atoms with Crippen LogP contribution in [0.1, 0.15) is 33.1 Å². The monoisotopic (exact) mass is 177 g/mol. The van der Waals surface area contributed by atoms with Crippen LogP contribution in [0, 0.1) is 0 Å². The predicted molar refractivity (Wildman–Crippen MR) is 47.8 cm³/mol. The third kappa shape index (κ3) is 7.66. The number of hydrogen-bond donors (Lipinski definition) is 1. The molecule has 0 saturated heterocycles. The summed E-state index contributed by atoms with van der Waals surface area (Å²) in [6.45, 7) is 4.56. The van der Waals surface area contributed by atoms with Crippen LogP contribution in [0.2, 0.25) is 0 Å². The van der Waals surface area contributed by atoms with Crippen LogP contribution in [0.3, 0.4) is 0 Å². The Morgan fingerprint density at radius 3 is 2.73 bits per heavy atom. The summed E-state index contributed by atoms with van der Waals surface area (Å²) in [6.07, 6.45) is 2.50. The summed E-state index contributed by atoms with van der Waals surface area (Å²) >= 11 is 5.71. The number of carbonyl (C=O) groups excluding carboxylic acids is 1. The van der Waals surface area contributed by atoms with Gasteiger partial charge in [0.1, 0.15) is 0 Å². The van der Waals surface area contributed by atoms with E-state index in [1.54, 1.807) is 0 Å². The first-order valence-electron chi connectivity index (χ1n) is 4.07. The van der Waals surface area contributed by atoms with Crippen molar-refractivity contribution in [3.63, 3.8) is 0 Å². The van der Waals surface area contributed by atoms with Gasteiger partial charge in [-0.05, 0) is 19.8 Å². The van der Waals surface area contributed by atoms with E-state index in [1.807, 2.05) is 13.8 Å². The molecule has 0 spiro atoms. The van der Waals surface area contributed by atoms with Gasteiger partial charge in [-0.1, -0.05) is 6.92 Å². The highest BCUT2D eigenvalue weighted by molar-refractivity contribution is 6.20. The highest BCUT2D eigenvalue weighted by Crippen LogP contribution is 2.01. The molecule has 0 aromatic rings. The molecule has 2 nitrogen and oxygen atoms in total. The van der Waals surface area contributed by atoms with Crippen LogP contribution in [0.4, 0.5) is 0 Å². The van der Waals surface area contributed by atoms with Crippen molar-refractivity contribution in [1.82, 2.24) is 5.32 Å². The van der Waals surface area contributed by atoms with Crippen molar-refractivity contribution in [2.75, 3.05) is 6.54 Å². The van der Waals surface area contributed by atoms with Crippen LogP contribution in [-0.4, -0.2) is 17.8 Å². The average molecular weight is 178 g/mol. The summed E-state index contributed by atoms with van der Waals surface area (Å²) in [5, 5.41) is 3.01. The zero-order chi connectivity index (χ0) is 8.69. The molecule has 1 amide bonds. The van der Waals surface area contributed by atoms with Crippen LogP contribution in [0.5, 0.6) is 0 Å². The maximum Gasteiger partial charge on any atom is 0.219 e. The van der Waals surface area contributed by atoms with Gasteiger partial charge in [0.25, 0.3) is 0 Å². The van der Waals surface area contributed by atoms with E-state index in [9.17, 15) is 4.79 Å². The molecule has 0 fully saturated rings. The Bertz CT molecular complexity index is 115. The van der Waals surface area contributed by atoms with E-state index in [4.69, 9.17) is 11.6 Å². The Kier molecular flexibility index (Phi) is 6.33. The summed E-state index contributed by atoms with van der Waals surface area (Å²) in [5.74, 6) is 0.118. The molecule has 0 saturated carbocycles. The number of amides is 1. The highest BCUT2D eigenvalue weighted by Gasteiger charge is 1.97. The predicted octanol–water partition coefficient (Wildman–Crippen LogP) is 1.92. The van der Waals surface area contributed by atoms with Crippen LogP contribution >= 0.6 is 11.6 Å². The highest BCUT2D eigenvalue weighted by atomic mass is 35.5. The van der Waals surface area contributed by atoms with Crippen LogP contribution in [0.25, 0.3) is 0 Å². The van der Waals surface area contributed by atoms with Crippen LogP contribution < -0.4 is 5.32 Å². The largest absolute Gasteiger partial charge is 0.356 e. The fourth-order valence-electron chi connectivity index (χ4n) is 0.736. The molecule has 0 aliphatic heterocycles. The van der Waals surface area contributed by atoms with Gasteiger partial charge in [-0.15, -0.1) is 11.6 Å². The van der Waals surface area contributed by atoms with Crippen LogP contribution in [0.15, 0.2) is 0 Å². The Morgan fingerprint density at radius 2 is 2.27 bits per heavy atom. The third-order valence-electron chi connectivity index (χ3n) is 1.42. The standard InChI is InChI=1S/C8H16ClNO/c1-3-8(11)10-6-4-5-7(2)9/h7H,3-6H2,1-2H3,(H,10,11). The van der Waals surface area contributed by atoms with Crippen molar-refractivity contribution in [3.8, 4) is 0 Å². The first-order chi connectivity index (χ1) is 5.16. The number of halogens is 1. The van der Waals surface area contributed by atoms with Crippen molar-refractivity contribution < 1.29 is 4.79 Å². The summed E-state index contributed by atoms with van der Waals surface area (Å²) in [7, 11) is 0. The topological polar surface area (TPSA) is 29.1 Å². The average Bonchev–Trinajstić information content (AvgIpc) is 1.97. The molecule has 0 radical (unpaired) electrons. The summed E-state index contributed by atoms with van der Waals surface area (Å²) in [6, 6.07) is 0. The number of hydrogen-bond acceptors (Lipinski definition) is 1. The molecule has 0 rings (SSSR count). The maximum absolute atomic E-state index is 10.7.